The highest BCUT2D eigenvalue weighted by Gasteiger charge is 2.19. The minimum Gasteiger partial charge on any atom is -0.484 e. The average molecular weight is 535 g/mol. The van der Waals surface area contributed by atoms with Crippen molar-refractivity contribution < 1.29 is 23.1 Å². The molecule has 0 saturated carbocycles. The molecule has 2 amide bonds. The number of nitrogens with one attached hydrogen (secondary N) is 2. The minimum atomic E-state index is -2.77. The van der Waals surface area contributed by atoms with Crippen molar-refractivity contribution in [3.05, 3.63) is 43.8 Å². The number of piperazine rings is 1. The van der Waals surface area contributed by atoms with E-state index in [2.05, 4.69) is 10.2 Å². The monoisotopic (exact) mass is 534 g/mol. The summed E-state index contributed by atoms with van der Waals surface area (Å²) in [7, 11) is 2.01. The van der Waals surface area contributed by atoms with Gasteiger partial charge in [-0.25, -0.2) is 8.78 Å². The van der Waals surface area contributed by atoms with Gasteiger partial charge in [-0.1, -0.05) is 6.07 Å². The van der Waals surface area contributed by atoms with Crippen molar-refractivity contribution in [2.75, 3.05) is 51.7 Å². The summed E-state index contributed by atoms with van der Waals surface area (Å²) >= 11 is 0.899. The molecule has 198 valence electrons. The molecular formula is C24H28F2N6O4S. The molecule has 0 unspecified atom stereocenters. The second kappa shape index (κ2) is 13.0. The smallest absolute Gasteiger partial charge is 0.270 e. The Labute approximate surface area is 216 Å². The van der Waals surface area contributed by atoms with Gasteiger partial charge in [0, 0.05) is 50.7 Å². The Morgan fingerprint density at radius 1 is 1.27 bits per heavy atom. The summed E-state index contributed by atoms with van der Waals surface area (Å²) in [5.41, 5.74) is -0.264. The molecule has 0 bridgehead atoms. The minimum absolute atomic E-state index is 0.0781. The van der Waals surface area contributed by atoms with Crippen molar-refractivity contribution in [3.8, 4) is 11.8 Å². The largest absolute Gasteiger partial charge is 0.484 e. The van der Waals surface area contributed by atoms with Crippen LogP contribution in [0.25, 0.3) is 11.8 Å². The third-order valence-electron chi connectivity index (χ3n) is 5.62. The molecule has 1 aliphatic heterocycles. The number of nitrogens with zero attached hydrogens (tertiary/aromatic N) is 4. The number of amides is 2. The lowest BCUT2D eigenvalue weighted by atomic mass is 10.3. The number of ether oxygens (including phenoxy) is 1. The Balaban J connectivity index is 1.76. The molecule has 0 atom stereocenters. The molecule has 2 heterocycles. The van der Waals surface area contributed by atoms with Gasteiger partial charge in [0.1, 0.15) is 21.0 Å². The van der Waals surface area contributed by atoms with Crippen LogP contribution < -0.4 is 30.1 Å². The van der Waals surface area contributed by atoms with E-state index in [1.807, 2.05) is 12.4 Å². The number of likely N-dealkylation sites (N-methyl/N-ethyl adjacent to an activating group) is 1. The Hall–Kier alpha value is -3.76. The lowest BCUT2D eigenvalue weighted by Gasteiger charge is -2.32. The van der Waals surface area contributed by atoms with Gasteiger partial charge in [-0.2, -0.15) is 5.26 Å². The first-order valence-electron chi connectivity index (χ1n) is 11.6. The molecule has 2 N–H and O–H groups in total. The number of hydrogen-bond acceptors (Lipinski definition) is 8. The van der Waals surface area contributed by atoms with E-state index in [4.69, 9.17) is 4.74 Å². The lowest BCUT2D eigenvalue weighted by molar-refractivity contribution is -0.134. The highest BCUT2D eigenvalue weighted by Crippen LogP contribution is 2.17. The third kappa shape index (κ3) is 7.37. The molecule has 1 saturated heterocycles. The number of halogens is 2. The molecule has 1 aromatic carbocycles. The molecule has 13 heteroatoms. The van der Waals surface area contributed by atoms with Crippen LogP contribution in [0.4, 0.5) is 14.5 Å². The first-order valence-corrected chi connectivity index (χ1v) is 12.4. The van der Waals surface area contributed by atoms with Gasteiger partial charge in [-0.3, -0.25) is 19.0 Å². The molecule has 37 heavy (non-hydrogen) atoms. The van der Waals surface area contributed by atoms with Gasteiger partial charge in [0.2, 0.25) is 0 Å². The number of aromatic nitrogens is 1. The number of anilines is 1. The van der Waals surface area contributed by atoms with Crippen LogP contribution in [0.5, 0.6) is 5.75 Å². The zero-order valence-electron chi connectivity index (χ0n) is 20.5. The maximum Gasteiger partial charge on any atom is 0.270 e. The van der Waals surface area contributed by atoms with Crippen molar-refractivity contribution in [2.45, 2.75) is 19.9 Å². The quantitative estimate of drug-likeness (QED) is 0.464. The van der Waals surface area contributed by atoms with Gasteiger partial charge < -0.3 is 25.2 Å². The number of thiazole rings is 1. The van der Waals surface area contributed by atoms with Crippen molar-refractivity contribution in [2.24, 2.45) is 0 Å². The lowest BCUT2D eigenvalue weighted by Crippen LogP contribution is -2.48. The number of alkyl halides is 2. The molecule has 2 aromatic rings. The van der Waals surface area contributed by atoms with E-state index >= 15 is 0 Å². The van der Waals surface area contributed by atoms with E-state index < -0.39 is 30.0 Å². The van der Waals surface area contributed by atoms with E-state index in [-0.39, 0.29) is 28.3 Å². The molecule has 10 nitrogen and oxygen atoms in total. The third-order valence-corrected chi connectivity index (χ3v) is 6.75. The second-order valence-electron chi connectivity index (χ2n) is 8.20. The highest BCUT2D eigenvalue weighted by molar-refractivity contribution is 7.07. The summed E-state index contributed by atoms with van der Waals surface area (Å²) in [4.78, 5) is 41.4. The van der Waals surface area contributed by atoms with E-state index in [1.54, 1.807) is 42.2 Å². The average Bonchev–Trinajstić information content (AvgIpc) is 3.20. The number of hydrogen-bond donors (Lipinski definition) is 2. The number of rotatable bonds is 9. The molecule has 0 aliphatic carbocycles. The summed E-state index contributed by atoms with van der Waals surface area (Å²) in [5, 5.41) is 14.4. The van der Waals surface area contributed by atoms with E-state index in [0.717, 1.165) is 24.4 Å². The fraction of sp³-hybridized carbons (Fsp3) is 0.417. The van der Waals surface area contributed by atoms with Crippen LogP contribution in [0.2, 0.25) is 0 Å². The standard InChI is InChI=1S/C24H28F2N6O4S/c1-3-32-23(35)19(37-24(32)18(12-27)22(34)29-14-20(25)26)13-28-16-5-4-6-17(11-16)36-15-21(33)31-9-7-30(2)8-10-31/h4-6,11,13,20,28H,3,7-10,14-15H2,1-2H3,(H,29,34). The molecule has 1 aliphatic rings. The summed E-state index contributed by atoms with van der Waals surface area (Å²) in [6.07, 6.45) is -1.33. The summed E-state index contributed by atoms with van der Waals surface area (Å²) < 4.78 is 32.1. The van der Waals surface area contributed by atoms with Gasteiger partial charge in [0.25, 0.3) is 23.8 Å². The molecule has 3 rings (SSSR count). The summed E-state index contributed by atoms with van der Waals surface area (Å²) in [5.74, 6) is -0.595. The normalized spacial score (nSPS) is 15.4. The van der Waals surface area contributed by atoms with Gasteiger partial charge in [-0.15, -0.1) is 11.3 Å². The SMILES string of the molecule is CCn1c(=C(C#N)C(=O)NCC(F)F)sc(=CNc2cccc(OCC(=O)N3CCN(C)CC3)c2)c1=O. The first kappa shape index (κ1) is 27.8. The Bertz CT molecular complexity index is 1340. The number of carbonyl (C=O) groups excluding carboxylic acids is 2. The van der Waals surface area contributed by atoms with E-state index in [0.29, 0.717) is 24.5 Å². The zero-order valence-corrected chi connectivity index (χ0v) is 21.3. The highest BCUT2D eigenvalue weighted by atomic mass is 32.1. The van der Waals surface area contributed by atoms with Crippen LogP contribution in [0.3, 0.4) is 0 Å². The van der Waals surface area contributed by atoms with Gasteiger partial charge >= 0.3 is 0 Å². The number of nitriles is 1. The molecular weight excluding hydrogens is 506 g/mol. The predicted molar refractivity (Wildman–Crippen MR) is 136 cm³/mol. The Kier molecular flexibility index (Phi) is 9.76. The van der Waals surface area contributed by atoms with Gasteiger partial charge in [0.15, 0.2) is 12.2 Å². The van der Waals surface area contributed by atoms with Crippen molar-refractivity contribution in [3.63, 3.8) is 0 Å². The van der Waals surface area contributed by atoms with Crippen molar-refractivity contribution in [1.82, 2.24) is 19.7 Å². The number of benzene rings is 1. The van der Waals surface area contributed by atoms with Crippen LogP contribution in [-0.4, -0.2) is 79.0 Å². The van der Waals surface area contributed by atoms with Crippen LogP contribution >= 0.6 is 11.3 Å². The van der Waals surface area contributed by atoms with Gasteiger partial charge in [0.05, 0.1) is 6.54 Å². The van der Waals surface area contributed by atoms with Crippen molar-refractivity contribution in [1.29, 1.82) is 5.26 Å². The zero-order chi connectivity index (χ0) is 26.9. The summed E-state index contributed by atoms with van der Waals surface area (Å²) in [6, 6.07) is 8.56. The second-order valence-corrected chi connectivity index (χ2v) is 9.23. The Morgan fingerprint density at radius 3 is 2.65 bits per heavy atom. The molecule has 1 aromatic heterocycles. The van der Waals surface area contributed by atoms with Crippen LogP contribution in [0, 0.1) is 11.3 Å². The fourth-order valence-corrected chi connectivity index (χ4v) is 4.65. The summed E-state index contributed by atoms with van der Waals surface area (Å²) in [6.45, 7) is 3.82. The maximum atomic E-state index is 12.8. The topological polar surface area (TPSA) is 120 Å². The number of carbonyl (C=O) groups is 2. The molecule has 0 radical (unpaired) electrons. The predicted octanol–water partition coefficient (Wildman–Crippen LogP) is -0.0118. The molecule has 0 spiro atoms. The first-order chi connectivity index (χ1) is 17.7. The van der Waals surface area contributed by atoms with E-state index in [9.17, 15) is 28.4 Å². The maximum absolute atomic E-state index is 12.8. The van der Waals surface area contributed by atoms with E-state index in [1.165, 1.54) is 10.8 Å². The van der Waals surface area contributed by atoms with Crippen LogP contribution in [0.15, 0.2) is 29.1 Å². The van der Waals surface area contributed by atoms with Crippen LogP contribution in [0.1, 0.15) is 6.92 Å². The van der Waals surface area contributed by atoms with Crippen LogP contribution in [-0.2, 0) is 16.1 Å². The van der Waals surface area contributed by atoms with Crippen molar-refractivity contribution >= 4 is 40.6 Å². The Morgan fingerprint density at radius 2 is 2.00 bits per heavy atom. The fourth-order valence-electron chi connectivity index (χ4n) is 3.56. The van der Waals surface area contributed by atoms with Gasteiger partial charge in [-0.05, 0) is 26.1 Å². The molecule has 1 fully saturated rings.